The Labute approximate surface area is 135 Å². The zero-order valence-electron chi connectivity index (χ0n) is 12.6. The maximum absolute atomic E-state index is 13.7. The summed E-state index contributed by atoms with van der Waals surface area (Å²) in [5.74, 6) is -0.0212. The number of halogens is 2. The molecule has 0 radical (unpaired) electrons. The topological polar surface area (TPSA) is 29.5 Å². The van der Waals surface area contributed by atoms with E-state index < -0.39 is 5.82 Å². The highest BCUT2D eigenvalue weighted by molar-refractivity contribution is 6.31. The first-order chi connectivity index (χ1) is 10.6. The van der Waals surface area contributed by atoms with Gasteiger partial charge in [0.2, 0.25) is 5.91 Å². The molecule has 1 aliphatic heterocycles. The van der Waals surface area contributed by atoms with Crippen LogP contribution in [0.2, 0.25) is 5.02 Å². The lowest BCUT2D eigenvalue weighted by atomic mass is 9.97. The van der Waals surface area contributed by atoms with Gasteiger partial charge in [-0.15, -0.1) is 6.58 Å². The summed E-state index contributed by atoms with van der Waals surface area (Å²) in [5, 5.41) is 0.307. The van der Waals surface area contributed by atoms with E-state index >= 15 is 0 Å². The van der Waals surface area contributed by atoms with Crippen molar-refractivity contribution in [2.45, 2.75) is 19.3 Å². The Bertz CT molecular complexity index is 507. The molecule has 1 aromatic rings. The van der Waals surface area contributed by atoms with E-state index in [2.05, 4.69) is 6.58 Å². The van der Waals surface area contributed by atoms with Gasteiger partial charge in [0.1, 0.15) is 5.82 Å². The first-order valence-electron chi connectivity index (χ1n) is 7.51. The van der Waals surface area contributed by atoms with Gasteiger partial charge in [0.15, 0.2) is 0 Å². The minimum absolute atomic E-state index is 0.0170. The SMILES string of the molecule is C=CCOCC1CCN(C(=O)Cc2c(F)cccc2Cl)CC1. The molecule has 22 heavy (non-hydrogen) atoms. The third kappa shape index (κ3) is 4.55. The third-order valence-corrected chi connectivity index (χ3v) is 4.30. The smallest absolute Gasteiger partial charge is 0.227 e. The molecule has 0 N–H and O–H groups in total. The molecule has 0 bridgehead atoms. The van der Waals surface area contributed by atoms with E-state index in [4.69, 9.17) is 16.3 Å². The Kier molecular flexibility index (Phi) is 6.40. The van der Waals surface area contributed by atoms with Gasteiger partial charge in [-0.3, -0.25) is 4.79 Å². The van der Waals surface area contributed by atoms with E-state index in [1.807, 2.05) is 0 Å². The summed E-state index contributed by atoms with van der Waals surface area (Å²) in [6.07, 6.45) is 3.57. The zero-order valence-corrected chi connectivity index (χ0v) is 13.3. The lowest BCUT2D eigenvalue weighted by molar-refractivity contribution is -0.132. The van der Waals surface area contributed by atoms with Crippen LogP contribution >= 0.6 is 11.6 Å². The summed E-state index contributed by atoms with van der Waals surface area (Å²) in [5.41, 5.74) is 0.283. The van der Waals surface area contributed by atoms with Crippen LogP contribution in [0.25, 0.3) is 0 Å². The highest BCUT2D eigenvalue weighted by Gasteiger charge is 2.24. The van der Waals surface area contributed by atoms with Crippen LogP contribution < -0.4 is 0 Å². The van der Waals surface area contributed by atoms with Crippen molar-refractivity contribution in [3.8, 4) is 0 Å². The Morgan fingerprint density at radius 2 is 2.18 bits per heavy atom. The van der Waals surface area contributed by atoms with Gasteiger partial charge in [-0.1, -0.05) is 23.7 Å². The van der Waals surface area contributed by atoms with Crippen molar-refractivity contribution >= 4 is 17.5 Å². The van der Waals surface area contributed by atoms with Crippen molar-refractivity contribution < 1.29 is 13.9 Å². The van der Waals surface area contributed by atoms with Crippen LogP contribution in [-0.4, -0.2) is 37.1 Å². The molecule has 0 saturated carbocycles. The minimum atomic E-state index is -0.423. The van der Waals surface area contributed by atoms with Gasteiger partial charge in [-0.05, 0) is 30.9 Å². The average Bonchev–Trinajstić information content (AvgIpc) is 2.52. The summed E-state index contributed by atoms with van der Waals surface area (Å²) < 4.78 is 19.2. The zero-order chi connectivity index (χ0) is 15.9. The van der Waals surface area contributed by atoms with Crippen molar-refractivity contribution in [2.75, 3.05) is 26.3 Å². The second kappa shape index (κ2) is 8.30. The Hall–Kier alpha value is -1.39. The molecule has 0 aromatic heterocycles. The Balaban J connectivity index is 1.84. The summed E-state index contributed by atoms with van der Waals surface area (Å²) in [6.45, 7) is 6.25. The fourth-order valence-electron chi connectivity index (χ4n) is 2.63. The van der Waals surface area contributed by atoms with E-state index in [1.165, 1.54) is 6.07 Å². The van der Waals surface area contributed by atoms with Crippen LogP contribution in [0.3, 0.4) is 0 Å². The van der Waals surface area contributed by atoms with E-state index in [9.17, 15) is 9.18 Å². The van der Waals surface area contributed by atoms with Crippen LogP contribution in [0.5, 0.6) is 0 Å². The number of hydrogen-bond acceptors (Lipinski definition) is 2. The number of likely N-dealkylation sites (tertiary alicyclic amines) is 1. The molecule has 1 aliphatic rings. The number of benzene rings is 1. The molecule has 5 heteroatoms. The van der Waals surface area contributed by atoms with E-state index in [-0.39, 0.29) is 17.9 Å². The summed E-state index contributed by atoms with van der Waals surface area (Å²) in [6, 6.07) is 4.48. The van der Waals surface area contributed by atoms with E-state index in [0.717, 1.165) is 12.8 Å². The monoisotopic (exact) mass is 325 g/mol. The minimum Gasteiger partial charge on any atom is -0.377 e. The molecule has 1 saturated heterocycles. The van der Waals surface area contributed by atoms with Crippen molar-refractivity contribution in [1.82, 2.24) is 4.90 Å². The second-order valence-corrected chi connectivity index (χ2v) is 5.93. The van der Waals surface area contributed by atoms with Gasteiger partial charge < -0.3 is 9.64 Å². The maximum atomic E-state index is 13.7. The third-order valence-electron chi connectivity index (χ3n) is 3.95. The van der Waals surface area contributed by atoms with Crippen LogP contribution in [0.15, 0.2) is 30.9 Å². The molecule has 0 unspecified atom stereocenters. The lowest BCUT2D eigenvalue weighted by Crippen LogP contribution is -2.40. The van der Waals surface area contributed by atoms with Gasteiger partial charge >= 0.3 is 0 Å². The number of hydrogen-bond donors (Lipinski definition) is 0. The molecule has 1 heterocycles. The predicted octanol–water partition coefficient (Wildman–Crippen LogP) is 3.46. The van der Waals surface area contributed by atoms with Gasteiger partial charge in [0.05, 0.1) is 13.0 Å². The Morgan fingerprint density at radius 1 is 1.45 bits per heavy atom. The predicted molar refractivity (Wildman–Crippen MR) is 85.4 cm³/mol. The van der Waals surface area contributed by atoms with Crippen molar-refractivity contribution in [2.24, 2.45) is 5.92 Å². The highest BCUT2D eigenvalue weighted by atomic mass is 35.5. The summed E-state index contributed by atoms with van der Waals surface area (Å²) in [7, 11) is 0. The lowest BCUT2D eigenvalue weighted by Gasteiger charge is -2.32. The molecule has 1 aromatic carbocycles. The Morgan fingerprint density at radius 3 is 2.82 bits per heavy atom. The standard InChI is InChI=1S/C17H21ClFNO2/c1-2-10-22-12-13-6-8-20(9-7-13)17(21)11-14-15(18)4-3-5-16(14)19/h2-5,13H,1,6-12H2. The molecule has 0 spiro atoms. The van der Waals surface area contributed by atoms with Crippen molar-refractivity contribution in [1.29, 1.82) is 0 Å². The van der Waals surface area contributed by atoms with Gasteiger partial charge in [0.25, 0.3) is 0 Å². The summed E-state index contributed by atoms with van der Waals surface area (Å²) in [4.78, 5) is 14.1. The second-order valence-electron chi connectivity index (χ2n) is 5.53. The van der Waals surface area contributed by atoms with Crippen LogP contribution in [0, 0.1) is 11.7 Å². The number of carbonyl (C=O) groups excluding carboxylic acids is 1. The van der Waals surface area contributed by atoms with Crippen LogP contribution in [-0.2, 0) is 16.0 Å². The molecule has 0 atom stereocenters. The summed E-state index contributed by atoms with van der Waals surface area (Å²) >= 11 is 5.97. The highest BCUT2D eigenvalue weighted by Crippen LogP contribution is 2.22. The van der Waals surface area contributed by atoms with Crippen molar-refractivity contribution in [3.05, 3.63) is 47.3 Å². The molecule has 1 amide bonds. The fraction of sp³-hybridized carbons (Fsp3) is 0.471. The number of rotatable bonds is 6. The molecule has 0 aliphatic carbocycles. The first-order valence-corrected chi connectivity index (χ1v) is 7.89. The number of piperidine rings is 1. The van der Waals surface area contributed by atoms with Gasteiger partial charge in [-0.2, -0.15) is 0 Å². The molecular formula is C17H21ClFNO2. The molecule has 2 rings (SSSR count). The van der Waals surface area contributed by atoms with Crippen LogP contribution in [0.1, 0.15) is 18.4 Å². The van der Waals surface area contributed by atoms with Crippen LogP contribution in [0.4, 0.5) is 4.39 Å². The number of carbonyl (C=O) groups is 1. The van der Waals surface area contributed by atoms with E-state index in [0.29, 0.717) is 37.2 Å². The molecule has 3 nitrogen and oxygen atoms in total. The normalized spacial score (nSPS) is 15.8. The van der Waals surface area contributed by atoms with Crippen molar-refractivity contribution in [3.63, 3.8) is 0 Å². The maximum Gasteiger partial charge on any atom is 0.227 e. The number of amides is 1. The number of nitrogens with zero attached hydrogens (tertiary/aromatic N) is 1. The van der Waals surface area contributed by atoms with Gasteiger partial charge in [0, 0.05) is 30.3 Å². The largest absolute Gasteiger partial charge is 0.377 e. The fourth-order valence-corrected chi connectivity index (χ4v) is 2.86. The average molecular weight is 326 g/mol. The quantitative estimate of drug-likeness (QED) is 0.592. The molecule has 1 fully saturated rings. The van der Waals surface area contributed by atoms with E-state index in [1.54, 1.807) is 23.1 Å². The van der Waals surface area contributed by atoms with Gasteiger partial charge in [-0.25, -0.2) is 4.39 Å². The number of ether oxygens (including phenoxy) is 1. The molecular weight excluding hydrogens is 305 g/mol. The first kappa shape index (κ1) is 17.0. The molecule has 120 valence electrons.